The first-order chi connectivity index (χ1) is 10.2. The Morgan fingerprint density at radius 2 is 1.81 bits per heavy atom. The quantitative estimate of drug-likeness (QED) is 0.777. The van der Waals surface area contributed by atoms with Crippen molar-refractivity contribution in [2.75, 3.05) is 5.73 Å². The Balaban J connectivity index is 2.06. The third kappa shape index (κ3) is 2.47. The monoisotopic (exact) mass is 276 g/mol. The van der Waals surface area contributed by atoms with Crippen molar-refractivity contribution in [2.24, 2.45) is 0 Å². The molecule has 5 nitrogen and oxygen atoms in total. The molecule has 0 aliphatic rings. The predicted octanol–water partition coefficient (Wildman–Crippen LogP) is 3.18. The highest BCUT2D eigenvalue weighted by Gasteiger charge is 2.10. The van der Waals surface area contributed by atoms with Crippen molar-refractivity contribution in [3.8, 4) is 17.7 Å². The largest absolute Gasteiger partial charge is 0.436 e. The van der Waals surface area contributed by atoms with Crippen LogP contribution in [0.5, 0.6) is 11.6 Å². The van der Waals surface area contributed by atoms with Crippen LogP contribution in [0.3, 0.4) is 0 Å². The van der Waals surface area contributed by atoms with Crippen molar-refractivity contribution < 1.29 is 4.74 Å². The van der Waals surface area contributed by atoms with Gasteiger partial charge < -0.3 is 10.5 Å². The number of nitriles is 1. The van der Waals surface area contributed by atoms with Gasteiger partial charge in [0.15, 0.2) is 5.82 Å². The van der Waals surface area contributed by atoms with Crippen LogP contribution in [0.25, 0.3) is 11.0 Å². The van der Waals surface area contributed by atoms with Crippen LogP contribution >= 0.6 is 0 Å². The van der Waals surface area contributed by atoms with Crippen molar-refractivity contribution in [1.82, 2.24) is 9.97 Å². The van der Waals surface area contributed by atoms with Gasteiger partial charge in [-0.15, -0.1) is 0 Å². The standard InChI is InChI=1S/C16H12N4O/c1-10-6-7-11(9-17)8-14(10)21-16-15(18)19-12-4-2-3-5-13(12)20-16/h2-8H,1H3,(H2,18,19). The van der Waals surface area contributed by atoms with E-state index in [2.05, 4.69) is 16.0 Å². The number of aryl methyl sites for hydroxylation is 1. The molecular weight excluding hydrogens is 264 g/mol. The number of para-hydroxylation sites is 2. The molecule has 3 aromatic rings. The van der Waals surface area contributed by atoms with E-state index >= 15 is 0 Å². The number of anilines is 1. The normalized spacial score (nSPS) is 10.3. The fourth-order valence-corrected chi connectivity index (χ4v) is 1.96. The number of rotatable bonds is 2. The molecule has 3 rings (SSSR count). The van der Waals surface area contributed by atoms with Gasteiger partial charge in [0.1, 0.15) is 5.75 Å². The van der Waals surface area contributed by atoms with Crippen molar-refractivity contribution in [3.05, 3.63) is 53.6 Å². The molecule has 0 spiro atoms. The summed E-state index contributed by atoms with van der Waals surface area (Å²) < 4.78 is 5.74. The van der Waals surface area contributed by atoms with Crippen LogP contribution in [0.4, 0.5) is 5.82 Å². The van der Waals surface area contributed by atoms with Crippen LogP contribution in [0.15, 0.2) is 42.5 Å². The zero-order valence-electron chi connectivity index (χ0n) is 11.4. The second-order valence-electron chi connectivity index (χ2n) is 4.60. The Morgan fingerprint density at radius 3 is 2.52 bits per heavy atom. The second kappa shape index (κ2) is 5.10. The number of hydrogen-bond donors (Lipinski definition) is 1. The Morgan fingerprint density at radius 1 is 1.10 bits per heavy atom. The molecule has 1 aromatic heterocycles. The first-order valence-corrected chi connectivity index (χ1v) is 6.38. The minimum Gasteiger partial charge on any atom is -0.436 e. The van der Waals surface area contributed by atoms with Gasteiger partial charge in [0, 0.05) is 0 Å². The maximum absolute atomic E-state index is 8.96. The third-order valence-corrected chi connectivity index (χ3v) is 3.09. The average molecular weight is 276 g/mol. The summed E-state index contributed by atoms with van der Waals surface area (Å²) in [5.41, 5.74) is 8.72. The Labute approximate surface area is 121 Å². The number of hydrogen-bond acceptors (Lipinski definition) is 5. The minimum absolute atomic E-state index is 0.218. The van der Waals surface area contributed by atoms with E-state index in [1.807, 2.05) is 37.3 Å². The Bertz CT molecular complexity index is 868. The highest BCUT2D eigenvalue weighted by atomic mass is 16.5. The van der Waals surface area contributed by atoms with Crippen LogP contribution < -0.4 is 10.5 Å². The molecule has 0 amide bonds. The molecule has 0 fully saturated rings. The van der Waals surface area contributed by atoms with E-state index in [1.165, 1.54) is 0 Å². The molecule has 0 radical (unpaired) electrons. The lowest BCUT2D eigenvalue weighted by atomic mass is 10.1. The molecule has 0 saturated heterocycles. The molecule has 0 bridgehead atoms. The van der Waals surface area contributed by atoms with Crippen LogP contribution in [-0.4, -0.2) is 9.97 Å². The van der Waals surface area contributed by atoms with Crippen LogP contribution in [0, 0.1) is 18.3 Å². The molecule has 1 heterocycles. The molecule has 0 atom stereocenters. The lowest BCUT2D eigenvalue weighted by Crippen LogP contribution is -2.00. The molecule has 0 unspecified atom stereocenters. The van der Waals surface area contributed by atoms with Crippen LogP contribution in [-0.2, 0) is 0 Å². The molecule has 2 aromatic carbocycles. The van der Waals surface area contributed by atoms with E-state index < -0.39 is 0 Å². The minimum atomic E-state index is 0.218. The molecule has 5 heteroatoms. The first-order valence-electron chi connectivity index (χ1n) is 6.38. The summed E-state index contributed by atoms with van der Waals surface area (Å²) in [7, 11) is 0. The van der Waals surface area contributed by atoms with Crippen molar-refractivity contribution in [2.45, 2.75) is 6.92 Å². The Kier molecular flexibility index (Phi) is 3.13. The number of aromatic nitrogens is 2. The number of nitrogen functional groups attached to an aromatic ring is 1. The molecule has 0 aliphatic heterocycles. The van der Waals surface area contributed by atoms with E-state index in [0.717, 1.165) is 5.56 Å². The van der Waals surface area contributed by atoms with E-state index in [1.54, 1.807) is 12.1 Å². The molecule has 0 aliphatic carbocycles. The first kappa shape index (κ1) is 12.9. The summed E-state index contributed by atoms with van der Waals surface area (Å²) in [5, 5.41) is 8.96. The van der Waals surface area contributed by atoms with Gasteiger partial charge in [0.05, 0.1) is 22.7 Å². The fourth-order valence-electron chi connectivity index (χ4n) is 1.96. The number of ether oxygens (including phenoxy) is 1. The van der Waals surface area contributed by atoms with E-state index in [0.29, 0.717) is 22.3 Å². The summed E-state index contributed by atoms with van der Waals surface area (Å²) in [5.74, 6) is 1.01. The highest BCUT2D eigenvalue weighted by molar-refractivity contribution is 5.76. The molecule has 102 valence electrons. The van der Waals surface area contributed by atoms with Gasteiger partial charge >= 0.3 is 0 Å². The zero-order chi connectivity index (χ0) is 14.8. The van der Waals surface area contributed by atoms with Gasteiger partial charge in [-0.1, -0.05) is 18.2 Å². The second-order valence-corrected chi connectivity index (χ2v) is 4.60. The summed E-state index contributed by atoms with van der Waals surface area (Å²) >= 11 is 0. The zero-order valence-corrected chi connectivity index (χ0v) is 11.4. The summed E-state index contributed by atoms with van der Waals surface area (Å²) in [6.45, 7) is 1.89. The summed E-state index contributed by atoms with van der Waals surface area (Å²) in [6, 6.07) is 14.7. The topological polar surface area (TPSA) is 84.8 Å². The van der Waals surface area contributed by atoms with Gasteiger partial charge in [0.25, 0.3) is 5.88 Å². The van der Waals surface area contributed by atoms with Gasteiger partial charge in [0.2, 0.25) is 0 Å². The number of fused-ring (bicyclic) bond motifs is 1. The number of nitrogens with two attached hydrogens (primary N) is 1. The van der Waals surface area contributed by atoms with Crippen molar-refractivity contribution in [3.63, 3.8) is 0 Å². The van der Waals surface area contributed by atoms with Crippen LogP contribution in [0.2, 0.25) is 0 Å². The van der Waals surface area contributed by atoms with Gasteiger partial charge in [-0.25, -0.2) is 9.97 Å². The fraction of sp³-hybridized carbons (Fsp3) is 0.0625. The summed E-state index contributed by atoms with van der Waals surface area (Å²) in [6.07, 6.45) is 0. The van der Waals surface area contributed by atoms with E-state index in [4.69, 9.17) is 15.7 Å². The van der Waals surface area contributed by atoms with Crippen LogP contribution in [0.1, 0.15) is 11.1 Å². The maximum Gasteiger partial charge on any atom is 0.263 e. The number of benzene rings is 2. The maximum atomic E-state index is 8.96. The third-order valence-electron chi connectivity index (χ3n) is 3.09. The van der Waals surface area contributed by atoms with Gasteiger partial charge in [-0.2, -0.15) is 5.26 Å². The molecule has 0 saturated carbocycles. The van der Waals surface area contributed by atoms with Gasteiger partial charge in [-0.3, -0.25) is 0 Å². The van der Waals surface area contributed by atoms with Crippen molar-refractivity contribution in [1.29, 1.82) is 5.26 Å². The molecule has 2 N–H and O–H groups in total. The smallest absolute Gasteiger partial charge is 0.263 e. The lowest BCUT2D eigenvalue weighted by molar-refractivity contribution is 0.462. The SMILES string of the molecule is Cc1ccc(C#N)cc1Oc1nc2ccccc2nc1N. The molecular formula is C16H12N4O. The highest BCUT2D eigenvalue weighted by Crippen LogP contribution is 2.29. The predicted molar refractivity (Wildman–Crippen MR) is 79.9 cm³/mol. The van der Waals surface area contributed by atoms with E-state index in [-0.39, 0.29) is 11.7 Å². The summed E-state index contributed by atoms with van der Waals surface area (Å²) in [4.78, 5) is 8.64. The lowest BCUT2D eigenvalue weighted by Gasteiger charge is -2.10. The van der Waals surface area contributed by atoms with Crippen molar-refractivity contribution >= 4 is 16.9 Å². The Hall–Kier alpha value is -3.13. The van der Waals surface area contributed by atoms with E-state index in [9.17, 15) is 0 Å². The van der Waals surface area contributed by atoms with Gasteiger partial charge in [-0.05, 0) is 36.8 Å². The number of nitrogens with zero attached hydrogens (tertiary/aromatic N) is 3. The molecule has 21 heavy (non-hydrogen) atoms. The average Bonchev–Trinajstić information content (AvgIpc) is 2.50.